The summed E-state index contributed by atoms with van der Waals surface area (Å²) in [7, 11) is 0. The lowest BCUT2D eigenvalue weighted by Crippen LogP contribution is -2.48. The molecular weight excluding hydrogens is 412 g/mol. The molecule has 1 fully saturated rings. The van der Waals surface area contributed by atoms with Crippen LogP contribution in [0.25, 0.3) is 11.0 Å². The normalized spacial score (nSPS) is 19.2. The first kappa shape index (κ1) is 21.0. The molecule has 1 saturated heterocycles. The molecule has 1 aromatic heterocycles. The number of rotatable bonds is 6. The molecule has 168 valence electrons. The quantitative estimate of drug-likeness (QED) is 0.554. The van der Waals surface area contributed by atoms with Crippen LogP contribution in [0.5, 0.6) is 0 Å². The minimum atomic E-state index is -0.629. The summed E-state index contributed by atoms with van der Waals surface area (Å²) in [6, 6.07) is 9.04. The molecule has 2 atom stereocenters. The number of fused-ring (bicyclic) bond motifs is 2. The molecule has 0 radical (unpaired) electrons. The maximum absolute atomic E-state index is 11.7. The highest BCUT2D eigenvalue weighted by Crippen LogP contribution is 2.29. The van der Waals surface area contributed by atoms with Gasteiger partial charge in [0.25, 0.3) is 0 Å². The predicted octanol–water partition coefficient (Wildman–Crippen LogP) is 1.59. The Balaban J connectivity index is 1.15. The molecule has 0 aliphatic carbocycles. The fourth-order valence-corrected chi connectivity index (χ4v) is 4.58. The van der Waals surface area contributed by atoms with Gasteiger partial charge >= 0.3 is 5.97 Å². The fraction of sp³-hybridized carbons (Fsp3) is 0.435. The van der Waals surface area contributed by atoms with Crippen molar-refractivity contribution < 1.29 is 24.4 Å². The van der Waals surface area contributed by atoms with Gasteiger partial charge in [-0.1, -0.05) is 12.1 Å². The Morgan fingerprint density at radius 3 is 2.41 bits per heavy atom. The topological polar surface area (TPSA) is 112 Å². The molecule has 0 amide bonds. The second kappa shape index (κ2) is 8.59. The van der Waals surface area contributed by atoms with E-state index in [4.69, 9.17) is 9.37 Å². The van der Waals surface area contributed by atoms with Crippen molar-refractivity contribution in [3.05, 3.63) is 58.1 Å². The van der Waals surface area contributed by atoms with E-state index in [0.29, 0.717) is 29.7 Å². The van der Waals surface area contributed by atoms with Crippen LogP contribution in [0, 0.1) is 6.92 Å². The fourth-order valence-electron chi connectivity index (χ4n) is 4.58. The highest BCUT2D eigenvalue weighted by molar-refractivity contribution is 5.93. The lowest BCUT2D eigenvalue weighted by atomic mass is 9.95. The first-order chi connectivity index (χ1) is 15.5. The summed E-state index contributed by atoms with van der Waals surface area (Å²) < 4.78 is 9.83. The Morgan fingerprint density at radius 1 is 0.969 bits per heavy atom. The Kier molecular flexibility index (Phi) is 5.64. The standard InChI is InChI=1S/C23H26N4O5/c1-14-16(3-4-17-18(14)13-31-23(17)30)22(29)12-27-8-6-26(7-9-27)11-21(28)15-2-5-19-20(10-15)25-32-24-19/h2-5,10,21-22,28-29H,6-9,11-13H2,1H3/t21-,22-/m0/s1. The van der Waals surface area contributed by atoms with Gasteiger partial charge in [-0.3, -0.25) is 9.80 Å². The van der Waals surface area contributed by atoms with E-state index in [9.17, 15) is 15.0 Å². The van der Waals surface area contributed by atoms with Crippen molar-refractivity contribution in [2.45, 2.75) is 25.7 Å². The number of aromatic nitrogens is 2. The largest absolute Gasteiger partial charge is 0.457 e. The monoisotopic (exact) mass is 438 g/mol. The minimum Gasteiger partial charge on any atom is -0.457 e. The van der Waals surface area contributed by atoms with Crippen LogP contribution in [0.15, 0.2) is 35.0 Å². The number of cyclic esters (lactones) is 1. The van der Waals surface area contributed by atoms with Crippen molar-refractivity contribution in [1.82, 2.24) is 20.1 Å². The average Bonchev–Trinajstić information content (AvgIpc) is 3.42. The molecule has 3 heterocycles. The SMILES string of the molecule is Cc1c([C@@H](O)CN2CCN(C[C@H](O)c3ccc4nonc4c3)CC2)ccc2c1COC2=O. The van der Waals surface area contributed by atoms with Crippen molar-refractivity contribution in [3.8, 4) is 0 Å². The number of β-amino-alcohol motifs (C(OH)–C–C–N with tert-alkyl or cyclic N) is 2. The summed E-state index contributed by atoms with van der Waals surface area (Å²) in [6.45, 7) is 6.51. The molecule has 0 unspecified atom stereocenters. The predicted molar refractivity (Wildman–Crippen MR) is 115 cm³/mol. The Morgan fingerprint density at radius 2 is 1.66 bits per heavy atom. The van der Waals surface area contributed by atoms with Crippen LogP contribution in [0.2, 0.25) is 0 Å². The van der Waals surface area contributed by atoms with Gasteiger partial charge in [-0.2, -0.15) is 0 Å². The van der Waals surface area contributed by atoms with Crippen molar-refractivity contribution in [2.75, 3.05) is 39.3 Å². The van der Waals surface area contributed by atoms with Gasteiger partial charge in [-0.15, -0.1) is 0 Å². The van der Waals surface area contributed by atoms with Crippen LogP contribution in [-0.4, -0.2) is 75.6 Å². The highest BCUT2D eigenvalue weighted by Gasteiger charge is 2.27. The second-order valence-electron chi connectivity index (χ2n) is 8.53. The smallest absolute Gasteiger partial charge is 0.338 e. The first-order valence-electron chi connectivity index (χ1n) is 10.8. The van der Waals surface area contributed by atoms with E-state index in [1.807, 2.05) is 19.1 Å². The van der Waals surface area contributed by atoms with Crippen LogP contribution < -0.4 is 0 Å². The summed E-state index contributed by atoms with van der Waals surface area (Å²) in [4.78, 5) is 16.2. The zero-order chi connectivity index (χ0) is 22.2. The van der Waals surface area contributed by atoms with Crippen molar-refractivity contribution in [3.63, 3.8) is 0 Å². The minimum absolute atomic E-state index is 0.279. The van der Waals surface area contributed by atoms with E-state index in [1.165, 1.54) is 0 Å². The number of carbonyl (C=O) groups excluding carboxylic acids is 1. The summed E-state index contributed by atoms with van der Waals surface area (Å²) in [5, 5.41) is 29.1. The summed E-state index contributed by atoms with van der Waals surface area (Å²) in [5.74, 6) is -0.292. The van der Waals surface area contributed by atoms with Gasteiger partial charge in [-0.25, -0.2) is 9.42 Å². The number of piperazine rings is 1. The maximum atomic E-state index is 11.7. The van der Waals surface area contributed by atoms with Crippen molar-refractivity contribution in [2.24, 2.45) is 0 Å². The number of carbonyl (C=O) groups is 1. The molecule has 2 aromatic carbocycles. The van der Waals surface area contributed by atoms with Crippen molar-refractivity contribution >= 4 is 17.0 Å². The third kappa shape index (κ3) is 4.00. The number of ether oxygens (including phenoxy) is 1. The number of hydrogen-bond acceptors (Lipinski definition) is 9. The Labute approximate surface area is 185 Å². The van der Waals surface area contributed by atoms with Crippen LogP contribution in [0.4, 0.5) is 0 Å². The molecule has 0 spiro atoms. The zero-order valence-corrected chi connectivity index (χ0v) is 17.9. The molecule has 0 bridgehead atoms. The highest BCUT2D eigenvalue weighted by atomic mass is 16.6. The summed E-state index contributed by atoms with van der Waals surface area (Å²) >= 11 is 0. The van der Waals surface area contributed by atoms with E-state index < -0.39 is 12.2 Å². The molecule has 32 heavy (non-hydrogen) atoms. The van der Waals surface area contributed by atoms with Crippen LogP contribution in [0.1, 0.15) is 44.8 Å². The number of nitrogens with zero attached hydrogens (tertiary/aromatic N) is 4. The Hall–Kier alpha value is -2.85. The van der Waals surface area contributed by atoms with E-state index in [-0.39, 0.29) is 12.6 Å². The van der Waals surface area contributed by atoms with Gasteiger partial charge in [-0.05, 0) is 52.1 Å². The lowest BCUT2D eigenvalue weighted by molar-refractivity contribution is 0.0481. The van der Waals surface area contributed by atoms with Gasteiger partial charge in [0.1, 0.15) is 17.6 Å². The Bertz CT molecular complexity index is 1140. The number of benzene rings is 2. The number of hydrogen-bond donors (Lipinski definition) is 2. The molecule has 3 aromatic rings. The zero-order valence-electron chi connectivity index (χ0n) is 17.9. The van der Waals surface area contributed by atoms with E-state index in [1.54, 1.807) is 18.2 Å². The van der Waals surface area contributed by atoms with Gasteiger partial charge < -0.3 is 14.9 Å². The molecule has 2 N–H and O–H groups in total. The first-order valence-corrected chi connectivity index (χ1v) is 10.8. The van der Waals surface area contributed by atoms with Gasteiger partial charge in [0.15, 0.2) is 0 Å². The number of aliphatic hydroxyl groups is 2. The molecule has 2 aliphatic heterocycles. The van der Waals surface area contributed by atoms with E-state index in [0.717, 1.165) is 48.4 Å². The maximum Gasteiger partial charge on any atom is 0.338 e. The van der Waals surface area contributed by atoms with Gasteiger partial charge in [0.2, 0.25) is 0 Å². The third-order valence-corrected chi connectivity index (χ3v) is 6.56. The van der Waals surface area contributed by atoms with Crippen molar-refractivity contribution in [1.29, 1.82) is 0 Å². The third-order valence-electron chi connectivity index (χ3n) is 6.56. The average molecular weight is 438 g/mol. The van der Waals surface area contributed by atoms with E-state index >= 15 is 0 Å². The molecule has 5 rings (SSSR count). The molecular formula is C23H26N4O5. The van der Waals surface area contributed by atoms with Crippen LogP contribution >= 0.6 is 0 Å². The molecule has 0 saturated carbocycles. The van der Waals surface area contributed by atoms with Gasteiger partial charge in [0.05, 0.1) is 17.8 Å². The summed E-state index contributed by atoms with van der Waals surface area (Å²) in [5.41, 5.74) is 5.36. The van der Waals surface area contributed by atoms with E-state index in [2.05, 4.69) is 20.1 Å². The number of esters is 1. The lowest BCUT2D eigenvalue weighted by Gasteiger charge is -2.36. The number of aliphatic hydroxyl groups excluding tert-OH is 2. The van der Waals surface area contributed by atoms with Crippen LogP contribution in [0.3, 0.4) is 0 Å². The van der Waals surface area contributed by atoms with Crippen LogP contribution in [-0.2, 0) is 11.3 Å². The molecule has 2 aliphatic rings. The van der Waals surface area contributed by atoms with Gasteiger partial charge in [0, 0.05) is 44.8 Å². The summed E-state index contributed by atoms with van der Waals surface area (Å²) in [6.07, 6.45) is -1.25. The molecule has 9 heteroatoms. The molecule has 9 nitrogen and oxygen atoms in total. The second-order valence-corrected chi connectivity index (χ2v) is 8.53.